The van der Waals surface area contributed by atoms with Crippen LogP contribution in [0.25, 0.3) is 0 Å². The normalized spacial score (nSPS) is 18.6. The number of hydrogen-bond acceptors (Lipinski definition) is 4. The second-order valence-corrected chi connectivity index (χ2v) is 8.71. The predicted molar refractivity (Wildman–Crippen MR) is 131 cm³/mol. The van der Waals surface area contributed by atoms with Gasteiger partial charge < -0.3 is 9.47 Å². The van der Waals surface area contributed by atoms with Crippen LogP contribution < -0.4 is 9.47 Å². The molecular weight excluding hydrogens is 398 g/mol. The highest BCUT2D eigenvalue weighted by Gasteiger charge is 2.34. The van der Waals surface area contributed by atoms with E-state index in [-0.39, 0.29) is 5.92 Å². The van der Waals surface area contributed by atoms with Gasteiger partial charge in [0.05, 0.1) is 13.7 Å². The second-order valence-electron chi connectivity index (χ2n) is 8.71. The summed E-state index contributed by atoms with van der Waals surface area (Å²) in [5, 5.41) is 0. The first kappa shape index (κ1) is 24.3. The summed E-state index contributed by atoms with van der Waals surface area (Å²) in [6.07, 6.45) is 5.13. The quantitative estimate of drug-likeness (QED) is 0.495. The molecule has 0 amide bonds. The topological polar surface area (TPSA) is 38.8 Å². The van der Waals surface area contributed by atoms with E-state index in [1.807, 2.05) is 26.0 Å². The lowest BCUT2D eigenvalue weighted by Gasteiger charge is -2.32. The van der Waals surface area contributed by atoms with Crippen molar-refractivity contribution in [2.75, 3.05) is 26.8 Å². The third-order valence-corrected chi connectivity index (χ3v) is 6.53. The molecule has 1 unspecified atom stereocenters. The highest BCUT2D eigenvalue weighted by molar-refractivity contribution is 6.02. The van der Waals surface area contributed by atoms with Gasteiger partial charge in [0.2, 0.25) is 0 Å². The number of methoxy groups -OCH3 is 1. The van der Waals surface area contributed by atoms with Crippen molar-refractivity contribution in [2.45, 2.75) is 59.4 Å². The Morgan fingerprint density at radius 1 is 1.03 bits per heavy atom. The third-order valence-electron chi connectivity index (χ3n) is 6.53. The minimum atomic E-state index is 0.108. The Labute approximate surface area is 193 Å². The van der Waals surface area contributed by atoms with Crippen LogP contribution in [0, 0.1) is 11.8 Å². The highest BCUT2D eigenvalue weighted by atomic mass is 16.5. The summed E-state index contributed by atoms with van der Waals surface area (Å²) in [4.78, 5) is 15.6. The lowest BCUT2D eigenvalue weighted by atomic mass is 9.85. The Balaban J connectivity index is 0.00000141. The van der Waals surface area contributed by atoms with Gasteiger partial charge in [0.25, 0.3) is 0 Å². The molecule has 4 heteroatoms. The van der Waals surface area contributed by atoms with E-state index in [1.165, 1.54) is 18.4 Å². The fraction of sp³-hybridized carbons (Fsp3) is 0.536. The summed E-state index contributed by atoms with van der Waals surface area (Å²) in [5.74, 6) is 2.47. The van der Waals surface area contributed by atoms with Crippen LogP contribution in [0.3, 0.4) is 0 Å². The zero-order chi connectivity index (χ0) is 22.9. The Morgan fingerprint density at radius 2 is 1.75 bits per heavy atom. The van der Waals surface area contributed by atoms with E-state index in [9.17, 15) is 4.79 Å². The molecule has 1 aliphatic carbocycles. The number of piperidine rings is 1. The molecule has 1 saturated heterocycles. The van der Waals surface area contributed by atoms with Gasteiger partial charge in [0, 0.05) is 18.0 Å². The Bertz CT molecular complexity index is 856. The van der Waals surface area contributed by atoms with Crippen LogP contribution >= 0.6 is 0 Å². The van der Waals surface area contributed by atoms with Crippen molar-refractivity contribution >= 4 is 5.78 Å². The zero-order valence-electron chi connectivity index (χ0n) is 20.2. The average molecular weight is 438 g/mol. The lowest BCUT2D eigenvalue weighted by Crippen LogP contribution is -2.34. The minimum absolute atomic E-state index is 0.108. The zero-order valence-corrected chi connectivity index (χ0v) is 20.2. The van der Waals surface area contributed by atoms with E-state index >= 15 is 0 Å². The number of likely N-dealkylation sites (tertiary alicyclic amines) is 1. The molecule has 2 aromatic rings. The van der Waals surface area contributed by atoms with Crippen LogP contribution in [-0.2, 0) is 13.0 Å². The molecule has 1 fully saturated rings. The van der Waals surface area contributed by atoms with Gasteiger partial charge in [-0.15, -0.1) is 0 Å². The summed E-state index contributed by atoms with van der Waals surface area (Å²) in [5.41, 5.74) is 3.34. The van der Waals surface area contributed by atoms with Crippen molar-refractivity contribution in [3.05, 3.63) is 59.2 Å². The maximum atomic E-state index is 13.1. The number of nitrogens with zero attached hydrogens (tertiary/aromatic N) is 1. The highest BCUT2D eigenvalue weighted by Crippen LogP contribution is 2.39. The fourth-order valence-electron chi connectivity index (χ4n) is 4.88. The number of benzene rings is 2. The first-order valence-electron chi connectivity index (χ1n) is 12.3. The lowest BCUT2D eigenvalue weighted by molar-refractivity contribution is 0.0895. The number of carbonyl (C=O) groups is 1. The molecule has 0 spiro atoms. The van der Waals surface area contributed by atoms with Crippen LogP contribution in [0.1, 0.15) is 67.9 Å². The van der Waals surface area contributed by atoms with Gasteiger partial charge in [-0.25, -0.2) is 0 Å². The predicted octanol–water partition coefficient (Wildman–Crippen LogP) is 6.17. The van der Waals surface area contributed by atoms with Gasteiger partial charge in [0.15, 0.2) is 17.3 Å². The molecule has 1 aliphatic heterocycles. The van der Waals surface area contributed by atoms with Crippen molar-refractivity contribution in [2.24, 2.45) is 11.8 Å². The SMILES string of the molecule is CC.CCCOc1cc2c(cc1OC)CC(CC1CCN(Cc3ccccc3)CC1)C2=O. The number of carbonyl (C=O) groups excluding carboxylic acids is 1. The summed E-state index contributed by atoms with van der Waals surface area (Å²) in [7, 11) is 1.66. The molecule has 0 saturated carbocycles. The van der Waals surface area contributed by atoms with Gasteiger partial charge in [-0.1, -0.05) is 51.1 Å². The molecule has 2 aliphatic rings. The van der Waals surface area contributed by atoms with Crippen LogP contribution in [0.5, 0.6) is 11.5 Å². The number of Topliss-reactive ketones (excluding diaryl/α,β-unsaturated/α-hetero) is 1. The summed E-state index contributed by atoms with van der Waals surface area (Å²) < 4.78 is 11.3. The number of ether oxygens (including phenoxy) is 2. The van der Waals surface area contributed by atoms with Crippen molar-refractivity contribution in [3.8, 4) is 11.5 Å². The van der Waals surface area contributed by atoms with Gasteiger partial charge >= 0.3 is 0 Å². The molecule has 174 valence electrons. The molecular formula is C28H39NO3. The second kappa shape index (κ2) is 12.1. The van der Waals surface area contributed by atoms with Crippen LogP contribution in [0.2, 0.25) is 0 Å². The number of rotatable bonds is 8. The standard InChI is InChI=1S/C26H33NO3.C2H6/c1-3-13-30-25-17-23-21(16-24(25)29-2)15-22(26(23)28)14-19-9-11-27(12-10-19)18-20-7-5-4-6-8-20;1-2/h4-8,16-17,19,22H,3,9-15,18H2,1-2H3;1-2H3. The molecule has 4 rings (SSSR count). The van der Waals surface area contributed by atoms with Gasteiger partial charge in [0.1, 0.15) is 0 Å². The average Bonchev–Trinajstić information content (AvgIpc) is 3.14. The Morgan fingerprint density at radius 3 is 2.41 bits per heavy atom. The molecule has 1 atom stereocenters. The number of ketones is 1. The molecule has 0 radical (unpaired) electrons. The van der Waals surface area contributed by atoms with Gasteiger partial charge in [-0.3, -0.25) is 9.69 Å². The van der Waals surface area contributed by atoms with Crippen molar-refractivity contribution in [1.82, 2.24) is 4.90 Å². The Hall–Kier alpha value is -2.33. The number of hydrogen-bond donors (Lipinski definition) is 0. The Kier molecular flexibility index (Phi) is 9.16. The molecule has 1 heterocycles. The molecule has 0 bridgehead atoms. The van der Waals surface area contributed by atoms with Crippen molar-refractivity contribution in [1.29, 1.82) is 0 Å². The summed E-state index contributed by atoms with van der Waals surface area (Å²) in [6.45, 7) is 9.98. The third kappa shape index (κ3) is 5.92. The van der Waals surface area contributed by atoms with E-state index in [2.05, 4.69) is 42.2 Å². The van der Waals surface area contributed by atoms with Gasteiger partial charge in [-0.2, -0.15) is 0 Å². The first-order chi connectivity index (χ1) is 15.7. The largest absolute Gasteiger partial charge is 0.493 e. The molecule has 0 aromatic heterocycles. The van der Waals surface area contributed by atoms with Gasteiger partial charge in [-0.05, 0) is 74.4 Å². The van der Waals surface area contributed by atoms with Crippen LogP contribution in [0.15, 0.2) is 42.5 Å². The van der Waals surface area contributed by atoms with E-state index in [1.54, 1.807) is 7.11 Å². The smallest absolute Gasteiger partial charge is 0.166 e. The molecule has 32 heavy (non-hydrogen) atoms. The van der Waals surface area contributed by atoms with E-state index in [4.69, 9.17) is 9.47 Å². The maximum absolute atomic E-state index is 13.1. The van der Waals surface area contributed by atoms with E-state index in [0.29, 0.717) is 24.1 Å². The molecule has 0 N–H and O–H groups in total. The van der Waals surface area contributed by atoms with E-state index in [0.717, 1.165) is 55.8 Å². The number of fused-ring (bicyclic) bond motifs is 1. The fourth-order valence-corrected chi connectivity index (χ4v) is 4.88. The van der Waals surface area contributed by atoms with Crippen molar-refractivity contribution in [3.63, 3.8) is 0 Å². The minimum Gasteiger partial charge on any atom is -0.493 e. The first-order valence-corrected chi connectivity index (χ1v) is 12.3. The molecule has 2 aromatic carbocycles. The van der Waals surface area contributed by atoms with Crippen molar-refractivity contribution < 1.29 is 14.3 Å². The van der Waals surface area contributed by atoms with Crippen LogP contribution in [-0.4, -0.2) is 37.5 Å². The molecule has 4 nitrogen and oxygen atoms in total. The monoisotopic (exact) mass is 437 g/mol. The van der Waals surface area contributed by atoms with Crippen LogP contribution in [0.4, 0.5) is 0 Å². The van der Waals surface area contributed by atoms with E-state index < -0.39 is 0 Å². The maximum Gasteiger partial charge on any atom is 0.166 e. The summed E-state index contributed by atoms with van der Waals surface area (Å²) in [6, 6.07) is 14.6. The summed E-state index contributed by atoms with van der Waals surface area (Å²) >= 11 is 0.